The van der Waals surface area contributed by atoms with Crippen LogP contribution in [-0.2, 0) is 4.74 Å². The zero-order valence-corrected chi connectivity index (χ0v) is 12.5. The summed E-state index contributed by atoms with van der Waals surface area (Å²) in [7, 11) is 3.06. The van der Waals surface area contributed by atoms with Crippen LogP contribution in [-0.4, -0.2) is 20.2 Å². The van der Waals surface area contributed by atoms with Crippen LogP contribution in [0.15, 0.2) is 60.7 Å². The third-order valence-electron chi connectivity index (χ3n) is 3.72. The molecule has 0 bridgehead atoms. The number of ether oxygens (including phenoxy) is 2. The summed E-state index contributed by atoms with van der Waals surface area (Å²) in [4.78, 5) is 11.5. The monoisotopic (exact) mass is 292 g/mol. The van der Waals surface area contributed by atoms with E-state index < -0.39 is 0 Å². The molecule has 0 saturated carbocycles. The first-order valence-electron chi connectivity index (χ1n) is 6.99. The second-order valence-electron chi connectivity index (χ2n) is 4.93. The Hall–Kier alpha value is -2.81. The molecular weight excluding hydrogens is 276 g/mol. The van der Waals surface area contributed by atoms with Crippen molar-refractivity contribution in [2.75, 3.05) is 14.2 Å². The maximum absolute atomic E-state index is 11.5. The molecule has 3 aromatic carbocycles. The average molecular weight is 292 g/mol. The van der Waals surface area contributed by atoms with Crippen LogP contribution in [0.25, 0.3) is 21.9 Å². The fourth-order valence-electron chi connectivity index (χ4n) is 2.60. The van der Waals surface area contributed by atoms with E-state index in [9.17, 15) is 4.79 Å². The molecule has 0 unspecified atom stereocenters. The van der Waals surface area contributed by atoms with Gasteiger partial charge in [-0.1, -0.05) is 42.5 Å². The minimum absolute atomic E-state index is 0.328. The van der Waals surface area contributed by atoms with Gasteiger partial charge in [0.25, 0.3) is 0 Å². The summed E-state index contributed by atoms with van der Waals surface area (Å²) in [5, 5.41) is 2.19. The summed E-state index contributed by atoms with van der Waals surface area (Å²) in [6.45, 7) is 0. The molecule has 0 aliphatic rings. The SMILES string of the molecule is COC(=O)c1ccc(-c2ccc(OC)c3ccccc23)cc1. The zero-order chi connectivity index (χ0) is 15.5. The average Bonchev–Trinajstić information content (AvgIpc) is 2.60. The molecular formula is C19H16O3. The Morgan fingerprint density at radius 2 is 1.50 bits per heavy atom. The minimum atomic E-state index is -0.328. The van der Waals surface area contributed by atoms with E-state index in [0.29, 0.717) is 5.56 Å². The van der Waals surface area contributed by atoms with Gasteiger partial charge in [-0.2, -0.15) is 0 Å². The van der Waals surface area contributed by atoms with Gasteiger partial charge in [0.15, 0.2) is 0 Å². The first-order chi connectivity index (χ1) is 10.7. The van der Waals surface area contributed by atoms with Crippen LogP contribution in [0.1, 0.15) is 10.4 Å². The van der Waals surface area contributed by atoms with Crippen molar-refractivity contribution in [3.05, 3.63) is 66.2 Å². The Morgan fingerprint density at radius 3 is 2.14 bits per heavy atom. The molecule has 0 aliphatic carbocycles. The number of hydrogen-bond donors (Lipinski definition) is 0. The standard InChI is InChI=1S/C19H16O3/c1-21-18-12-11-15(16-5-3-4-6-17(16)18)13-7-9-14(10-8-13)19(20)22-2/h3-12H,1-2H3. The molecule has 0 atom stereocenters. The van der Waals surface area contributed by atoms with Crippen molar-refractivity contribution in [2.24, 2.45) is 0 Å². The van der Waals surface area contributed by atoms with Crippen LogP contribution in [0.4, 0.5) is 0 Å². The Bertz CT molecular complexity index is 820. The number of fused-ring (bicyclic) bond motifs is 1. The molecule has 0 saturated heterocycles. The van der Waals surface area contributed by atoms with Gasteiger partial charge in [-0.3, -0.25) is 0 Å². The summed E-state index contributed by atoms with van der Waals surface area (Å²) in [5.74, 6) is 0.525. The summed E-state index contributed by atoms with van der Waals surface area (Å²) in [6, 6.07) is 19.5. The predicted octanol–water partition coefficient (Wildman–Crippen LogP) is 4.30. The van der Waals surface area contributed by atoms with E-state index in [1.807, 2.05) is 42.5 Å². The van der Waals surface area contributed by atoms with E-state index in [0.717, 1.165) is 27.6 Å². The molecule has 0 N–H and O–H groups in total. The highest BCUT2D eigenvalue weighted by molar-refractivity contribution is 6.00. The van der Waals surface area contributed by atoms with E-state index in [2.05, 4.69) is 6.07 Å². The Labute approximate surface area is 129 Å². The highest BCUT2D eigenvalue weighted by Crippen LogP contribution is 2.34. The summed E-state index contributed by atoms with van der Waals surface area (Å²) >= 11 is 0. The number of carbonyl (C=O) groups is 1. The first-order valence-corrected chi connectivity index (χ1v) is 6.99. The van der Waals surface area contributed by atoms with Gasteiger partial charge < -0.3 is 9.47 Å². The smallest absolute Gasteiger partial charge is 0.337 e. The fraction of sp³-hybridized carbons (Fsp3) is 0.105. The molecule has 0 spiro atoms. The number of rotatable bonds is 3. The van der Waals surface area contributed by atoms with E-state index in [-0.39, 0.29) is 5.97 Å². The molecule has 110 valence electrons. The molecule has 22 heavy (non-hydrogen) atoms. The molecule has 0 fully saturated rings. The van der Waals surface area contributed by atoms with Gasteiger partial charge >= 0.3 is 5.97 Å². The Morgan fingerprint density at radius 1 is 0.818 bits per heavy atom. The minimum Gasteiger partial charge on any atom is -0.496 e. The molecule has 3 rings (SSSR count). The van der Waals surface area contributed by atoms with Crippen molar-refractivity contribution in [3.63, 3.8) is 0 Å². The molecule has 0 heterocycles. The third-order valence-corrected chi connectivity index (χ3v) is 3.72. The lowest BCUT2D eigenvalue weighted by atomic mass is 9.97. The van der Waals surface area contributed by atoms with Gasteiger partial charge in [-0.15, -0.1) is 0 Å². The van der Waals surface area contributed by atoms with Gasteiger partial charge in [0.1, 0.15) is 5.75 Å². The molecule has 0 aliphatic heterocycles. The van der Waals surface area contributed by atoms with Crippen LogP contribution < -0.4 is 4.74 Å². The number of esters is 1. The second kappa shape index (κ2) is 5.90. The van der Waals surface area contributed by atoms with Crippen molar-refractivity contribution in [3.8, 4) is 16.9 Å². The summed E-state index contributed by atoms with van der Waals surface area (Å²) in [5.41, 5.74) is 2.70. The Balaban J connectivity index is 2.12. The predicted molar refractivity (Wildman–Crippen MR) is 87.3 cm³/mol. The molecule has 0 radical (unpaired) electrons. The highest BCUT2D eigenvalue weighted by Gasteiger charge is 2.09. The number of hydrogen-bond acceptors (Lipinski definition) is 3. The lowest BCUT2D eigenvalue weighted by molar-refractivity contribution is 0.0601. The van der Waals surface area contributed by atoms with Crippen molar-refractivity contribution in [2.45, 2.75) is 0 Å². The maximum Gasteiger partial charge on any atom is 0.337 e. The second-order valence-corrected chi connectivity index (χ2v) is 4.93. The largest absolute Gasteiger partial charge is 0.496 e. The van der Waals surface area contributed by atoms with Crippen molar-refractivity contribution < 1.29 is 14.3 Å². The lowest BCUT2D eigenvalue weighted by Crippen LogP contribution is -2.00. The Kier molecular flexibility index (Phi) is 3.79. The number of carbonyl (C=O) groups excluding carboxylic acids is 1. The molecule has 3 heteroatoms. The molecule has 0 aromatic heterocycles. The molecule has 3 nitrogen and oxygen atoms in total. The summed E-state index contributed by atoms with van der Waals surface area (Å²) in [6.07, 6.45) is 0. The number of methoxy groups -OCH3 is 2. The van der Waals surface area contributed by atoms with E-state index in [1.54, 1.807) is 19.2 Å². The normalized spacial score (nSPS) is 10.5. The first kappa shape index (κ1) is 14.1. The quantitative estimate of drug-likeness (QED) is 0.675. The van der Waals surface area contributed by atoms with E-state index >= 15 is 0 Å². The van der Waals surface area contributed by atoms with Crippen LogP contribution >= 0.6 is 0 Å². The van der Waals surface area contributed by atoms with Gasteiger partial charge in [-0.05, 0) is 34.7 Å². The van der Waals surface area contributed by atoms with Crippen molar-refractivity contribution in [1.29, 1.82) is 0 Å². The zero-order valence-electron chi connectivity index (χ0n) is 12.5. The van der Waals surface area contributed by atoms with Crippen molar-refractivity contribution >= 4 is 16.7 Å². The van der Waals surface area contributed by atoms with E-state index in [4.69, 9.17) is 9.47 Å². The lowest BCUT2D eigenvalue weighted by Gasteiger charge is -2.11. The maximum atomic E-state index is 11.5. The number of benzene rings is 3. The van der Waals surface area contributed by atoms with Crippen LogP contribution in [0, 0.1) is 0 Å². The van der Waals surface area contributed by atoms with Gasteiger partial charge in [0.2, 0.25) is 0 Å². The molecule has 0 amide bonds. The van der Waals surface area contributed by atoms with E-state index in [1.165, 1.54) is 7.11 Å². The van der Waals surface area contributed by atoms with Crippen LogP contribution in [0.3, 0.4) is 0 Å². The highest BCUT2D eigenvalue weighted by atomic mass is 16.5. The van der Waals surface area contributed by atoms with Gasteiger partial charge in [0, 0.05) is 5.39 Å². The van der Waals surface area contributed by atoms with Crippen molar-refractivity contribution in [1.82, 2.24) is 0 Å². The fourth-order valence-corrected chi connectivity index (χ4v) is 2.60. The van der Waals surface area contributed by atoms with Gasteiger partial charge in [-0.25, -0.2) is 4.79 Å². The van der Waals surface area contributed by atoms with Gasteiger partial charge in [0.05, 0.1) is 19.8 Å². The third kappa shape index (κ3) is 2.42. The van der Waals surface area contributed by atoms with Crippen LogP contribution in [0.2, 0.25) is 0 Å². The summed E-state index contributed by atoms with van der Waals surface area (Å²) < 4.78 is 10.1. The van der Waals surface area contributed by atoms with Crippen LogP contribution in [0.5, 0.6) is 5.75 Å². The topological polar surface area (TPSA) is 35.5 Å². The molecule has 3 aromatic rings.